The number of halogens is 2. The maximum Gasteiger partial charge on any atom is 0.338 e. The van der Waals surface area contributed by atoms with E-state index < -0.39 is 11.8 Å². The summed E-state index contributed by atoms with van der Waals surface area (Å²) < 4.78 is 13.1. The Morgan fingerprint density at radius 2 is 2.43 bits per heavy atom. The van der Waals surface area contributed by atoms with Crippen LogP contribution in [0, 0.1) is 5.82 Å². The predicted molar refractivity (Wildman–Crippen MR) is 50.3 cm³/mol. The Balaban J connectivity index is 3.17. The molecule has 0 aromatic carbocycles. The van der Waals surface area contributed by atoms with E-state index in [0.717, 1.165) is 6.07 Å². The molecule has 0 bridgehead atoms. The van der Waals surface area contributed by atoms with Crippen molar-refractivity contribution in [3.63, 3.8) is 0 Å². The second-order valence-corrected chi connectivity index (χ2v) is 2.85. The molecule has 0 aliphatic rings. The molecule has 0 radical (unpaired) electrons. The van der Waals surface area contributed by atoms with Crippen molar-refractivity contribution < 1.29 is 14.3 Å². The number of nitrogens with one attached hydrogen (secondary N) is 1. The minimum atomic E-state index is -1.30. The lowest BCUT2D eigenvalue weighted by molar-refractivity contribution is 0.0696. The first-order valence-corrected chi connectivity index (χ1v) is 4.27. The van der Waals surface area contributed by atoms with Crippen LogP contribution >= 0.6 is 11.6 Å². The predicted octanol–water partition coefficient (Wildman–Crippen LogP) is 2.00. The SMILES string of the molecule is CCNc1nc(Cl)c(C(=O)O)cc1F. The molecule has 0 unspecified atom stereocenters. The summed E-state index contributed by atoms with van der Waals surface area (Å²) >= 11 is 5.53. The van der Waals surface area contributed by atoms with Crippen molar-refractivity contribution in [1.82, 2.24) is 4.98 Å². The Morgan fingerprint density at radius 3 is 2.93 bits per heavy atom. The molecule has 1 rings (SSSR count). The van der Waals surface area contributed by atoms with E-state index in [-0.39, 0.29) is 16.5 Å². The smallest absolute Gasteiger partial charge is 0.338 e. The number of nitrogens with zero attached hydrogens (tertiary/aromatic N) is 1. The summed E-state index contributed by atoms with van der Waals surface area (Å²) in [6.07, 6.45) is 0. The van der Waals surface area contributed by atoms with Crippen LogP contribution in [0.15, 0.2) is 6.07 Å². The van der Waals surface area contributed by atoms with Gasteiger partial charge in [0.05, 0.1) is 5.56 Å². The van der Waals surface area contributed by atoms with E-state index in [0.29, 0.717) is 6.54 Å². The third-order valence-electron chi connectivity index (χ3n) is 1.50. The standard InChI is InChI=1S/C8H8ClFN2O2/c1-2-11-7-5(10)3-4(8(13)14)6(9)12-7/h3H,2H2,1H3,(H,11,12)(H,13,14). The van der Waals surface area contributed by atoms with Crippen LogP contribution in [0.4, 0.5) is 10.2 Å². The molecular weight excluding hydrogens is 211 g/mol. The summed E-state index contributed by atoms with van der Waals surface area (Å²) in [4.78, 5) is 14.1. The number of rotatable bonds is 3. The zero-order valence-corrected chi connectivity index (χ0v) is 8.10. The van der Waals surface area contributed by atoms with Crippen LogP contribution < -0.4 is 5.32 Å². The average molecular weight is 219 g/mol. The van der Waals surface area contributed by atoms with Crippen molar-refractivity contribution in [3.05, 3.63) is 22.6 Å². The van der Waals surface area contributed by atoms with Crippen LogP contribution in [-0.4, -0.2) is 22.6 Å². The number of carbonyl (C=O) groups is 1. The maximum atomic E-state index is 13.1. The Morgan fingerprint density at radius 1 is 1.79 bits per heavy atom. The molecular formula is C8H8ClFN2O2. The summed E-state index contributed by atoms with van der Waals surface area (Å²) in [5.74, 6) is -2.07. The molecule has 76 valence electrons. The molecule has 4 nitrogen and oxygen atoms in total. The van der Waals surface area contributed by atoms with Crippen molar-refractivity contribution >= 4 is 23.4 Å². The largest absolute Gasteiger partial charge is 0.478 e. The van der Waals surface area contributed by atoms with Gasteiger partial charge in [0.25, 0.3) is 0 Å². The van der Waals surface area contributed by atoms with Crippen molar-refractivity contribution in [3.8, 4) is 0 Å². The van der Waals surface area contributed by atoms with Crippen LogP contribution in [0.2, 0.25) is 5.15 Å². The lowest BCUT2D eigenvalue weighted by Crippen LogP contribution is -2.06. The van der Waals surface area contributed by atoms with E-state index in [2.05, 4.69) is 10.3 Å². The summed E-state index contributed by atoms with van der Waals surface area (Å²) in [5.41, 5.74) is -0.342. The number of aromatic nitrogens is 1. The van der Waals surface area contributed by atoms with Crippen LogP contribution in [0.1, 0.15) is 17.3 Å². The fourth-order valence-electron chi connectivity index (χ4n) is 0.908. The molecule has 0 saturated carbocycles. The van der Waals surface area contributed by atoms with E-state index in [1.807, 2.05) is 0 Å². The average Bonchev–Trinajstić information content (AvgIpc) is 2.10. The molecule has 0 spiro atoms. The highest BCUT2D eigenvalue weighted by Gasteiger charge is 2.14. The fraction of sp³-hybridized carbons (Fsp3) is 0.250. The molecule has 6 heteroatoms. The highest BCUT2D eigenvalue weighted by atomic mass is 35.5. The number of carboxylic acid groups (broad SMARTS) is 1. The van der Waals surface area contributed by atoms with Gasteiger partial charge in [-0.15, -0.1) is 0 Å². The van der Waals surface area contributed by atoms with Gasteiger partial charge >= 0.3 is 5.97 Å². The second kappa shape index (κ2) is 4.23. The lowest BCUT2D eigenvalue weighted by atomic mass is 10.3. The minimum Gasteiger partial charge on any atom is -0.478 e. The Labute approximate surface area is 84.7 Å². The molecule has 2 N–H and O–H groups in total. The number of carboxylic acids is 1. The Bertz CT molecular complexity index is 371. The fourth-order valence-corrected chi connectivity index (χ4v) is 1.13. The van der Waals surface area contributed by atoms with Crippen LogP contribution in [0.3, 0.4) is 0 Å². The molecule has 1 aromatic rings. The molecule has 0 aliphatic heterocycles. The Kier molecular flexibility index (Phi) is 3.24. The maximum absolute atomic E-state index is 13.1. The summed E-state index contributed by atoms with van der Waals surface area (Å²) in [5, 5.41) is 11.0. The van der Waals surface area contributed by atoms with E-state index in [1.165, 1.54) is 0 Å². The third-order valence-corrected chi connectivity index (χ3v) is 1.79. The monoisotopic (exact) mass is 218 g/mol. The Hall–Kier alpha value is -1.36. The van der Waals surface area contributed by atoms with Gasteiger partial charge in [0.15, 0.2) is 11.6 Å². The van der Waals surface area contributed by atoms with Gasteiger partial charge in [0.1, 0.15) is 5.15 Å². The lowest BCUT2D eigenvalue weighted by Gasteiger charge is -2.05. The quantitative estimate of drug-likeness (QED) is 0.762. The molecule has 0 aliphatic carbocycles. The van der Waals surface area contributed by atoms with E-state index in [1.54, 1.807) is 6.92 Å². The summed E-state index contributed by atoms with van der Waals surface area (Å²) in [7, 11) is 0. The molecule has 1 aromatic heterocycles. The zero-order chi connectivity index (χ0) is 10.7. The molecule has 0 saturated heterocycles. The van der Waals surface area contributed by atoms with Crippen molar-refractivity contribution in [2.75, 3.05) is 11.9 Å². The highest BCUT2D eigenvalue weighted by Crippen LogP contribution is 2.19. The summed E-state index contributed by atoms with van der Waals surface area (Å²) in [6.45, 7) is 2.24. The number of aromatic carboxylic acids is 1. The van der Waals surface area contributed by atoms with Gasteiger partial charge in [-0.2, -0.15) is 0 Å². The zero-order valence-electron chi connectivity index (χ0n) is 7.34. The van der Waals surface area contributed by atoms with Crippen LogP contribution in [0.5, 0.6) is 0 Å². The second-order valence-electron chi connectivity index (χ2n) is 2.49. The van der Waals surface area contributed by atoms with Crippen LogP contribution in [-0.2, 0) is 0 Å². The topological polar surface area (TPSA) is 62.2 Å². The first-order chi connectivity index (χ1) is 6.56. The molecule has 0 amide bonds. The first-order valence-electron chi connectivity index (χ1n) is 3.89. The van der Waals surface area contributed by atoms with Crippen LogP contribution in [0.25, 0.3) is 0 Å². The molecule has 1 heterocycles. The van der Waals surface area contributed by atoms with E-state index in [9.17, 15) is 9.18 Å². The van der Waals surface area contributed by atoms with Gasteiger partial charge in [0, 0.05) is 6.54 Å². The van der Waals surface area contributed by atoms with E-state index in [4.69, 9.17) is 16.7 Å². The highest BCUT2D eigenvalue weighted by molar-refractivity contribution is 6.32. The van der Waals surface area contributed by atoms with Crippen molar-refractivity contribution in [2.24, 2.45) is 0 Å². The third kappa shape index (κ3) is 2.11. The van der Waals surface area contributed by atoms with Gasteiger partial charge in [-0.1, -0.05) is 11.6 Å². The first kappa shape index (κ1) is 10.7. The van der Waals surface area contributed by atoms with E-state index >= 15 is 0 Å². The van der Waals surface area contributed by atoms with Crippen molar-refractivity contribution in [2.45, 2.75) is 6.92 Å². The number of hydrogen-bond acceptors (Lipinski definition) is 3. The number of pyridine rings is 1. The minimum absolute atomic E-state index is 0.0394. The van der Waals surface area contributed by atoms with Crippen molar-refractivity contribution in [1.29, 1.82) is 0 Å². The molecule has 14 heavy (non-hydrogen) atoms. The molecule has 0 atom stereocenters. The van der Waals surface area contributed by atoms with Gasteiger partial charge in [-0.05, 0) is 13.0 Å². The number of hydrogen-bond donors (Lipinski definition) is 2. The molecule has 0 fully saturated rings. The summed E-state index contributed by atoms with van der Waals surface area (Å²) in [6, 6.07) is 0.843. The van der Waals surface area contributed by atoms with Gasteiger partial charge in [-0.3, -0.25) is 0 Å². The van der Waals surface area contributed by atoms with Gasteiger partial charge in [0.2, 0.25) is 0 Å². The van der Waals surface area contributed by atoms with Gasteiger partial charge < -0.3 is 10.4 Å². The number of anilines is 1. The normalized spacial score (nSPS) is 9.93. The van der Waals surface area contributed by atoms with Gasteiger partial charge in [-0.25, -0.2) is 14.2 Å².